The molecule has 0 saturated carbocycles. The van der Waals surface area contributed by atoms with E-state index in [1.165, 1.54) is 6.07 Å². The molecule has 0 unspecified atom stereocenters. The summed E-state index contributed by atoms with van der Waals surface area (Å²) < 4.78 is 27.0. The first-order valence-corrected chi connectivity index (χ1v) is 6.73. The van der Waals surface area contributed by atoms with Crippen molar-refractivity contribution in [2.75, 3.05) is 19.6 Å². The number of halogens is 2. The minimum atomic E-state index is -0.876. The van der Waals surface area contributed by atoms with Crippen LogP contribution < -0.4 is 11.1 Å². The average molecular weight is 297 g/mol. The van der Waals surface area contributed by atoms with E-state index in [0.29, 0.717) is 25.9 Å². The summed E-state index contributed by atoms with van der Waals surface area (Å²) in [7, 11) is 0. The van der Waals surface area contributed by atoms with Crippen molar-refractivity contribution in [3.8, 4) is 0 Å². The Bertz CT molecular complexity index is 523. The molecule has 1 aliphatic rings. The van der Waals surface area contributed by atoms with Gasteiger partial charge in [0.2, 0.25) is 5.91 Å². The molecule has 1 aromatic rings. The van der Waals surface area contributed by atoms with Crippen LogP contribution in [0.3, 0.4) is 0 Å². The molecule has 1 saturated heterocycles. The zero-order valence-corrected chi connectivity index (χ0v) is 11.4. The van der Waals surface area contributed by atoms with Crippen LogP contribution in [-0.2, 0) is 4.79 Å². The number of nitrogens with one attached hydrogen (secondary N) is 1. The van der Waals surface area contributed by atoms with Crippen molar-refractivity contribution >= 4 is 11.8 Å². The topological polar surface area (TPSA) is 75.4 Å². The third-order valence-electron chi connectivity index (χ3n) is 3.49. The van der Waals surface area contributed by atoms with Gasteiger partial charge in [-0.05, 0) is 25.0 Å². The van der Waals surface area contributed by atoms with Crippen LogP contribution in [0, 0.1) is 11.6 Å². The van der Waals surface area contributed by atoms with Gasteiger partial charge in [0.15, 0.2) is 0 Å². The second-order valence-electron chi connectivity index (χ2n) is 5.09. The predicted molar refractivity (Wildman–Crippen MR) is 72.5 cm³/mol. The quantitative estimate of drug-likeness (QED) is 0.856. The normalized spacial score (nSPS) is 16.7. The Labute approximate surface area is 121 Å². The van der Waals surface area contributed by atoms with Gasteiger partial charge in [-0.1, -0.05) is 6.07 Å². The Morgan fingerprint density at radius 2 is 1.81 bits per heavy atom. The summed E-state index contributed by atoms with van der Waals surface area (Å²) in [6.07, 6.45) is 1.21. The van der Waals surface area contributed by atoms with Gasteiger partial charge >= 0.3 is 0 Å². The molecule has 21 heavy (non-hydrogen) atoms. The summed E-state index contributed by atoms with van der Waals surface area (Å²) in [6.45, 7) is 1.39. The zero-order chi connectivity index (χ0) is 15.4. The zero-order valence-electron chi connectivity index (χ0n) is 11.4. The molecular weight excluding hydrogens is 280 g/mol. The summed E-state index contributed by atoms with van der Waals surface area (Å²) in [5.74, 6) is -2.90. The number of likely N-dealkylation sites (tertiary alicyclic amines) is 1. The van der Waals surface area contributed by atoms with Crippen LogP contribution in [0.1, 0.15) is 23.2 Å². The molecule has 2 rings (SSSR count). The van der Waals surface area contributed by atoms with Crippen molar-refractivity contribution in [2.45, 2.75) is 18.9 Å². The van der Waals surface area contributed by atoms with Crippen LogP contribution in [0.2, 0.25) is 0 Å². The lowest BCUT2D eigenvalue weighted by molar-refractivity contribution is -0.119. The summed E-state index contributed by atoms with van der Waals surface area (Å²) in [5, 5.41) is 2.63. The second-order valence-corrected chi connectivity index (χ2v) is 5.09. The van der Waals surface area contributed by atoms with Crippen molar-refractivity contribution < 1.29 is 18.4 Å². The number of primary amides is 1. The highest BCUT2D eigenvalue weighted by atomic mass is 19.1. The van der Waals surface area contributed by atoms with E-state index >= 15 is 0 Å². The predicted octanol–water partition coefficient (Wildman–Crippen LogP) is 0.644. The summed E-state index contributed by atoms with van der Waals surface area (Å²) >= 11 is 0. The third kappa shape index (κ3) is 3.98. The van der Waals surface area contributed by atoms with Crippen molar-refractivity contribution in [1.29, 1.82) is 0 Å². The third-order valence-corrected chi connectivity index (χ3v) is 3.49. The number of nitrogens with two attached hydrogens (primary N) is 1. The number of benzene rings is 1. The lowest BCUT2D eigenvalue weighted by Crippen LogP contribution is -2.47. The van der Waals surface area contributed by atoms with Crippen molar-refractivity contribution in [1.82, 2.24) is 10.2 Å². The molecule has 0 spiro atoms. The monoisotopic (exact) mass is 297 g/mol. The molecule has 1 fully saturated rings. The van der Waals surface area contributed by atoms with Gasteiger partial charge in [-0.25, -0.2) is 8.78 Å². The van der Waals surface area contributed by atoms with E-state index in [0.717, 1.165) is 12.1 Å². The van der Waals surface area contributed by atoms with Crippen LogP contribution in [-0.4, -0.2) is 42.4 Å². The van der Waals surface area contributed by atoms with Crippen LogP contribution in [0.4, 0.5) is 8.78 Å². The summed E-state index contributed by atoms with van der Waals surface area (Å²) in [5.41, 5.74) is 4.56. The molecule has 1 aliphatic heterocycles. The maximum Gasteiger partial charge on any atom is 0.257 e. The molecule has 3 N–H and O–H groups in total. The Balaban J connectivity index is 1.92. The average Bonchev–Trinajstić information content (AvgIpc) is 2.40. The van der Waals surface area contributed by atoms with Crippen LogP contribution in [0.25, 0.3) is 0 Å². The molecule has 0 aromatic heterocycles. The molecule has 1 heterocycles. The van der Waals surface area contributed by atoms with Gasteiger partial charge in [0.1, 0.15) is 17.2 Å². The maximum atomic E-state index is 13.5. The first kappa shape index (κ1) is 15.4. The fraction of sp³-hybridized carbons (Fsp3) is 0.429. The number of amides is 2. The van der Waals surface area contributed by atoms with Crippen molar-refractivity contribution in [2.24, 2.45) is 5.73 Å². The van der Waals surface area contributed by atoms with Crippen molar-refractivity contribution in [3.63, 3.8) is 0 Å². The van der Waals surface area contributed by atoms with E-state index in [1.54, 1.807) is 0 Å². The molecule has 0 aliphatic carbocycles. The lowest BCUT2D eigenvalue weighted by Gasteiger charge is -2.31. The molecule has 5 nitrogen and oxygen atoms in total. The number of carbonyl (C=O) groups excluding carboxylic acids is 2. The molecule has 1 aromatic carbocycles. The molecule has 0 radical (unpaired) electrons. The minimum Gasteiger partial charge on any atom is -0.369 e. The SMILES string of the molecule is NC(=O)CN1CCC(NC(=O)c2c(F)cccc2F)CC1. The molecular formula is C14H17F2N3O2. The van der Waals surface area contributed by atoms with Crippen LogP contribution in [0.5, 0.6) is 0 Å². The lowest BCUT2D eigenvalue weighted by atomic mass is 10.0. The van der Waals surface area contributed by atoms with Gasteiger partial charge in [-0.2, -0.15) is 0 Å². The highest BCUT2D eigenvalue weighted by molar-refractivity contribution is 5.94. The maximum absolute atomic E-state index is 13.5. The molecule has 2 amide bonds. The summed E-state index contributed by atoms with van der Waals surface area (Å²) in [4.78, 5) is 24.6. The number of hydrogen-bond acceptors (Lipinski definition) is 3. The van der Waals surface area contributed by atoms with E-state index in [9.17, 15) is 18.4 Å². The van der Waals surface area contributed by atoms with E-state index in [-0.39, 0.29) is 12.6 Å². The Hall–Kier alpha value is -2.02. The Kier molecular flexibility index (Phi) is 4.85. The fourth-order valence-corrected chi connectivity index (χ4v) is 2.43. The van der Waals surface area contributed by atoms with Gasteiger partial charge < -0.3 is 11.1 Å². The molecule has 0 atom stereocenters. The first-order valence-electron chi connectivity index (χ1n) is 6.73. The van der Waals surface area contributed by atoms with Crippen LogP contribution >= 0.6 is 0 Å². The molecule has 114 valence electrons. The fourth-order valence-electron chi connectivity index (χ4n) is 2.43. The molecule has 0 bridgehead atoms. The number of piperidine rings is 1. The number of rotatable bonds is 4. The number of nitrogens with zero attached hydrogens (tertiary/aromatic N) is 1. The van der Waals surface area contributed by atoms with E-state index in [4.69, 9.17) is 5.73 Å². The Morgan fingerprint density at radius 3 is 2.33 bits per heavy atom. The second kappa shape index (κ2) is 6.62. The van der Waals surface area contributed by atoms with Gasteiger partial charge in [-0.3, -0.25) is 14.5 Å². The highest BCUT2D eigenvalue weighted by Gasteiger charge is 2.24. The van der Waals surface area contributed by atoms with E-state index < -0.39 is 29.0 Å². The minimum absolute atomic E-state index is 0.166. The first-order chi connectivity index (χ1) is 9.97. The van der Waals surface area contributed by atoms with Crippen molar-refractivity contribution in [3.05, 3.63) is 35.4 Å². The smallest absolute Gasteiger partial charge is 0.257 e. The van der Waals surface area contributed by atoms with E-state index in [1.807, 2.05) is 4.90 Å². The molecule has 7 heteroatoms. The largest absolute Gasteiger partial charge is 0.369 e. The van der Waals surface area contributed by atoms with Gasteiger partial charge in [0.05, 0.1) is 6.54 Å². The van der Waals surface area contributed by atoms with Gasteiger partial charge in [-0.15, -0.1) is 0 Å². The van der Waals surface area contributed by atoms with Gasteiger partial charge in [0.25, 0.3) is 5.91 Å². The van der Waals surface area contributed by atoms with Gasteiger partial charge in [0, 0.05) is 19.1 Å². The number of carbonyl (C=O) groups is 2. The van der Waals surface area contributed by atoms with Crippen LogP contribution in [0.15, 0.2) is 18.2 Å². The standard InChI is InChI=1S/C14H17F2N3O2/c15-10-2-1-3-11(16)13(10)14(21)18-9-4-6-19(7-5-9)8-12(17)20/h1-3,9H,4-8H2,(H2,17,20)(H,18,21). The highest BCUT2D eigenvalue weighted by Crippen LogP contribution is 2.14. The summed E-state index contributed by atoms with van der Waals surface area (Å²) in [6, 6.07) is 3.14. The Morgan fingerprint density at radius 1 is 1.24 bits per heavy atom. The van der Waals surface area contributed by atoms with E-state index in [2.05, 4.69) is 5.32 Å². The number of hydrogen-bond donors (Lipinski definition) is 2.